The summed E-state index contributed by atoms with van der Waals surface area (Å²) >= 11 is 0. The number of hydrogen-bond donors (Lipinski definition) is 3. The van der Waals surface area contributed by atoms with Crippen LogP contribution in [0.3, 0.4) is 0 Å². The van der Waals surface area contributed by atoms with E-state index in [0.29, 0.717) is 12.8 Å². The summed E-state index contributed by atoms with van der Waals surface area (Å²) in [6.45, 7) is 0.225. The van der Waals surface area contributed by atoms with Crippen molar-refractivity contribution >= 4 is 16.2 Å². The van der Waals surface area contributed by atoms with Crippen LogP contribution in [-0.4, -0.2) is 53.9 Å². The van der Waals surface area contributed by atoms with Crippen molar-refractivity contribution in [1.82, 2.24) is 19.0 Å². The average molecular weight is 290 g/mol. The van der Waals surface area contributed by atoms with Crippen molar-refractivity contribution in [2.24, 2.45) is 0 Å². The summed E-state index contributed by atoms with van der Waals surface area (Å²) in [6.07, 6.45) is 4.38. The topological polar surface area (TPSA) is 115 Å². The fourth-order valence-electron chi connectivity index (χ4n) is 1.38. The number of carboxylic acids is 1. The van der Waals surface area contributed by atoms with Crippen LogP contribution in [0.2, 0.25) is 0 Å². The fourth-order valence-corrected chi connectivity index (χ4v) is 2.33. The first-order valence-corrected chi connectivity index (χ1v) is 7.27. The number of H-pyrrole nitrogens is 1. The molecule has 0 spiro atoms. The molecule has 0 aliphatic carbocycles. The van der Waals surface area contributed by atoms with E-state index < -0.39 is 16.2 Å². The molecule has 1 heterocycles. The smallest absolute Gasteiger partial charge is 0.304 e. The Hall–Kier alpha value is -1.45. The first kappa shape index (κ1) is 15.6. The second-order valence-corrected chi connectivity index (χ2v) is 5.87. The van der Waals surface area contributed by atoms with E-state index in [1.807, 2.05) is 0 Å². The lowest BCUT2D eigenvalue weighted by atomic mass is 10.3. The van der Waals surface area contributed by atoms with Crippen LogP contribution in [0.4, 0.5) is 0 Å². The normalized spacial score (nSPS) is 11.9. The number of nitrogens with one attached hydrogen (secondary N) is 2. The van der Waals surface area contributed by atoms with E-state index in [0.717, 1.165) is 10.1 Å². The number of aryl methyl sites for hydroxylation is 1. The molecule has 108 valence electrons. The average Bonchev–Trinajstić information content (AvgIpc) is 2.84. The molecule has 0 atom stereocenters. The molecular formula is C10H18N4O4S. The monoisotopic (exact) mass is 290 g/mol. The summed E-state index contributed by atoms with van der Waals surface area (Å²) in [4.78, 5) is 17.3. The van der Waals surface area contributed by atoms with Gasteiger partial charge in [0.05, 0.1) is 6.42 Å². The number of carbonyl (C=O) groups is 1. The third kappa shape index (κ3) is 5.81. The molecule has 1 rings (SSSR count). The molecular weight excluding hydrogens is 272 g/mol. The van der Waals surface area contributed by atoms with E-state index in [1.165, 1.54) is 7.05 Å². The highest BCUT2D eigenvalue weighted by Gasteiger charge is 2.17. The molecule has 0 fully saturated rings. The van der Waals surface area contributed by atoms with Crippen LogP contribution in [0.1, 0.15) is 18.7 Å². The fraction of sp³-hybridized carbons (Fsp3) is 0.600. The highest BCUT2D eigenvalue weighted by Crippen LogP contribution is 1.98. The molecule has 9 heteroatoms. The summed E-state index contributed by atoms with van der Waals surface area (Å²) < 4.78 is 26.8. The molecule has 1 aromatic heterocycles. The van der Waals surface area contributed by atoms with E-state index in [2.05, 4.69) is 14.7 Å². The van der Waals surface area contributed by atoms with E-state index >= 15 is 0 Å². The van der Waals surface area contributed by atoms with Gasteiger partial charge in [-0.2, -0.15) is 12.7 Å². The minimum atomic E-state index is -3.61. The lowest BCUT2D eigenvalue weighted by molar-refractivity contribution is -0.137. The number of nitrogens with zero attached hydrogens (tertiary/aromatic N) is 2. The van der Waals surface area contributed by atoms with Gasteiger partial charge in [0.15, 0.2) is 0 Å². The first-order chi connectivity index (χ1) is 8.92. The Morgan fingerprint density at radius 2 is 2.32 bits per heavy atom. The van der Waals surface area contributed by atoms with Crippen LogP contribution in [0.5, 0.6) is 0 Å². The van der Waals surface area contributed by atoms with Gasteiger partial charge >= 0.3 is 5.97 Å². The summed E-state index contributed by atoms with van der Waals surface area (Å²) in [5, 5.41) is 8.50. The van der Waals surface area contributed by atoms with Crippen molar-refractivity contribution in [3.05, 3.63) is 18.2 Å². The number of aromatic nitrogens is 2. The minimum Gasteiger partial charge on any atom is -0.481 e. The number of aliphatic carboxylic acids is 1. The molecule has 0 saturated carbocycles. The van der Waals surface area contributed by atoms with Gasteiger partial charge in [0.25, 0.3) is 10.2 Å². The maximum absolute atomic E-state index is 11.7. The van der Waals surface area contributed by atoms with E-state index in [-0.39, 0.29) is 19.5 Å². The molecule has 0 aromatic carbocycles. The zero-order chi connectivity index (χ0) is 14.3. The Morgan fingerprint density at radius 1 is 1.58 bits per heavy atom. The molecule has 8 nitrogen and oxygen atoms in total. The lowest BCUT2D eigenvalue weighted by Crippen LogP contribution is -2.39. The van der Waals surface area contributed by atoms with Crippen LogP contribution in [-0.2, 0) is 21.4 Å². The van der Waals surface area contributed by atoms with Crippen molar-refractivity contribution in [2.45, 2.75) is 19.3 Å². The predicted molar refractivity (Wildman–Crippen MR) is 68.7 cm³/mol. The Kier molecular flexibility index (Phi) is 5.93. The highest BCUT2D eigenvalue weighted by atomic mass is 32.2. The number of imidazole rings is 1. The molecule has 0 amide bonds. The SMILES string of the molecule is CN(CCC(=O)O)S(=O)(=O)NCCCc1ncc[nH]1. The molecule has 0 bridgehead atoms. The maximum atomic E-state index is 11.7. The van der Waals surface area contributed by atoms with Gasteiger partial charge in [-0.25, -0.2) is 9.71 Å². The third-order valence-electron chi connectivity index (χ3n) is 2.48. The van der Waals surface area contributed by atoms with Gasteiger partial charge in [-0.1, -0.05) is 0 Å². The predicted octanol–water partition coefficient (Wildman–Crippen LogP) is -0.417. The quantitative estimate of drug-likeness (QED) is 0.534. The van der Waals surface area contributed by atoms with Gasteiger partial charge < -0.3 is 10.1 Å². The zero-order valence-electron chi connectivity index (χ0n) is 10.7. The highest BCUT2D eigenvalue weighted by molar-refractivity contribution is 7.87. The molecule has 0 unspecified atom stereocenters. The van der Waals surface area contributed by atoms with E-state index in [9.17, 15) is 13.2 Å². The molecule has 0 radical (unpaired) electrons. The largest absolute Gasteiger partial charge is 0.481 e. The maximum Gasteiger partial charge on any atom is 0.304 e. The molecule has 1 aromatic rings. The number of hydrogen-bond acceptors (Lipinski definition) is 4. The second-order valence-electron chi connectivity index (χ2n) is 4.00. The number of aromatic amines is 1. The number of carboxylic acid groups (broad SMARTS) is 1. The Morgan fingerprint density at radius 3 is 2.89 bits per heavy atom. The van der Waals surface area contributed by atoms with Crippen LogP contribution < -0.4 is 4.72 Å². The molecule has 0 aliphatic rings. The van der Waals surface area contributed by atoms with E-state index in [1.54, 1.807) is 12.4 Å². The second kappa shape index (κ2) is 7.22. The van der Waals surface area contributed by atoms with Gasteiger partial charge in [0.2, 0.25) is 0 Å². The molecule has 0 aliphatic heterocycles. The van der Waals surface area contributed by atoms with E-state index in [4.69, 9.17) is 5.11 Å². The standard InChI is InChI=1S/C10H18N4O4S/c1-14(8-4-10(15)16)19(17,18)13-5-2-3-9-11-6-7-12-9/h6-7,13H,2-5,8H2,1H3,(H,11,12)(H,15,16). The van der Waals surface area contributed by atoms with Crippen LogP contribution in [0, 0.1) is 0 Å². The zero-order valence-corrected chi connectivity index (χ0v) is 11.5. The molecule has 0 saturated heterocycles. The third-order valence-corrected chi connectivity index (χ3v) is 4.05. The molecule has 19 heavy (non-hydrogen) atoms. The van der Waals surface area contributed by atoms with Gasteiger partial charge in [-0.05, 0) is 6.42 Å². The number of rotatable bonds is 9. The molecule has 3 N–H and O–H groups in total. The summed E-state index contributed by atoms with van der Waals surface area (Å²) in [5.74, 6) is -0.224. The van der Waals surface area contributed by atoms with Crippen molar-refractivity contribution in [3.63, 3.8) is 0 Å². The Bertz CT molecular complexity index is 486. The van der Waals surface area contributed by atoms with Crippen molar-refractivity contribution in [3.8, 4) is 0 Å². The summed E-state index contributed by atoms with van der Waals surface area (Å²) in [7, 11) is -2.26. The van der Waals surface area contributed by atoms with Crippen LogP contribution in [0.15, 0.2) is 12.4 Å². The minimum absolute atomic E-state index is 0.0527. The summed E-state index contributed by atoms with van der Waals surface area (Å²) in [5.41, 5.74) is 0. The van der Waals surface area contributed by atoms with Crippen molar-refractivity contribution < 1.29 is 18.3 Å². The van der Waals surface area contributed by atoms with Crippen LogP contribution in [0.25, 0.3) is 0 Å². The first-order valence-electron chi connectivity index (χ1n) is 5.83. The summed E-state index contributed by atoms with van der Waals surface area (Å²) in [6, 6.07) is 0. The van der Waals surface area contributed by atoms with Gasteiger partial charge in [0, 0.05) is 39.0 Å². The van der Waals surface area contributed by atoms with Gasteiger partial charge in [0.1, 0.15) is 5.82 Å². The van der Waals surface area contributed by atoms with Gasteiger partial charge in [-0.3, -0.25) is 4.79 Å². The van der Waals surface area contributed by atoms with Gasteiger partial charge in [-0.15, -0.1) is 0 Å². The Labute approximate surface area is 112 Å². The van der Waals surface area contributed by atoms with Crippen molar-refractivity contribution in [1.29, 1.82) is 0 Å². The Balaban J connectivity index is 2.27. The van der Waals surface area contributed by atoms with Crippen LogP contribution >= 0.6 is 0 Å². The van der Waals surface area contributed by atoms with Crippen molar-refractivity contribution in [2.75, 3.05) is 20.1 Å². The lowest BCUT2D eigenvalue weighted by Gasteiger charge is -2.16.